The summed E-state index contributed by atoms with van der Waals surface area (Å²) < 4.78 is 1.56. The lowest BCUT2D eigenvalue weighted by atomic mass is 10.5. The third kappa shape index (κ3) is 0.727. The predicted molar refractivity (Wildman–Crippen MR) is 44.4 cm³/mol. The molecule has 3 heterocycles. The zero-order chi connectivity index (χ0) is 8.84. The number of nitrogens with zero attached hydrogens (tertiary/aromatic N) is 4. The predicted octanol–water partition coefficient (Wildman–Crippen LogP) is -1.06. The number of H-pyrrole nitrogens is 1. The summed E-state index contributed by atoms with van der Waals surface area (Å²) in [5.41, 5.74) is 0.525. The topological polar surface area (TPSA) is 88.5 Å². The number of aromatic nitrogens is 5. The normalized spacial score (nSPS) is 14.5. The van der Waals surface area contributed by atoms with Crippen LogP contribution in [0.25, 0.3) is 11.2 Å². The molecule has 7 nitrogen and oxygen atoms in total. The molecule has 13 heavy (non-hydrogen) atoms. The molecule has 1 aliphatic heterocycles. The maximum absolute atomic E-state index is 11.6. The Morgan fingerprint density at radius 1 is 1.38 bits per heavy atom. The summed E-state index contributed by atoms with van der Waals surface area (Å²) in [4.78, 5) is 15.8. The summed E-state index contributed by atoms with van der Waals surface area (Å²) in [5, 5.41) is 12.9. The molecule has 0 aliphatic carbocycles. The SMILES string of the molecule is O=c1c2n[nH]nc2nc2n1CCN2. The van der Waals surface area contributed by atoms with Crippen molar-refractivity contribution in [2.45, 2.75) is 6.54 Å². The van der Waals surface area contributed by atoms with Crippen LogP contribution >= 0.6 is 0 Å². The van der Waals surface area contributed by atoms with Gasteiger partial charge in [0.1, 0.15) is 0 Å². The minimum Gasteiger partial charge on any atom is -0.354 e. The molecule has 2 aromatic heterocycles. The van der Waals surface area contributed by atoms with Gasteiger partial charge in [0, 0.05) is 13.1 Å². The fourth-order valence-electron chi connectivity index (χ4n) is 1.45. The van der Waals surface area contributed by atoms with Crippen molar-refractivity contribution < 1.29 is 0 Å². The molecule has 0 fully saturated rings. The Labute approximate surface area is 71.8 Å². The van der Waals surface area contributed by atoms with Crippen molar-refractivity contribution in [1.82, 2.24) is 25.0 Å². The molecule has 0 radical (unpaired) electrons. The second kappa shape index (κ2) is 2.06. The Morgan fingerprint density at radius 2 is 2.31 bits per heavy atom. The van der Waals surface area contributed by atoms with Gasteiger partial charge in [0.15, 0.2) is 5.52 Å². The van der Waals surface area contributed by atoms with E-state index in [1.54, 1.807) is 4.57 Å². The van der Waals surface area contributed by atoms with Gasteiger partial charge in [-0.25, -0.2) is 0 Å². The Hall–Kier alpha value is -1.92. The van der Waals surface area contributed by atoms with Gasteiger partial charge >= 0.3 is 0 Å². The third-order valence-electron chi connectivity index (χ3n) is 2.06. The molecule has 0 bridgehead atoms. The molecule has 66 valence electrons. The molecule has 0 amide bonds. The van der Waals surface area contributed by atoms with Gasteiger partial charge in [0.25, 0.3) is 5.56 Å². The summed E-state index contributed by atoms with van der Waals surface area (Å²) in [5.74, 6) is 0.575. The van der Waals surface area contributed by atoms with Gasteiger partial charge in [0.05, 0.1) is 0 Å². The van der Waals surface area contributed by atoms with E-state index in [2.05, 4.69) is 25.7 Å². The Morgan fingerprint density at radius 3 is 3.23 bits per heavy atom. The fraction of sp³-hybridized carbons (Fsp3) is 0.333. The van der Waals surface area contributed by atoms with Crippen LogP contribution in [0.4, 0.5) is 5.95 Å². The van der Waals surface area contributed by atoms with E-state index in [1.165, 1.54) is 0 Å². The zero-order valence-corrected chi connectivity index (χ0v) is 6.61. The van der Waals surface area contributed by atoms with Gasteiger partial charge in [-0.2, -0.15) is 10.2 Å². The first-order chi connectivity index (χ1) is 6.36. The van der Waals surface area contributed by atoms with Crippen LogP contribution in [0.2, 0.25) is 0 Å². The van der Waals surface area contributed by atoms with Crippen LogP contribution in [0.3, 0.4) is 0 Å². The van der Waals surface area contributed by atoms with E-state index in [0.717, 1.165) is 6.54 Å². The summed E-state index contributed by atoms with van der Waals surface area (Å²) in [6.45, 7) is 1.38. The molecular formula is C6H6N6O. The number of hydrogen-bond acceptors (Lipinski definition) is 5. The van der Waals surface area contributed by atoms with Crippen molar-refractivity contribution in [3.05, 3.63) is 10.4 Å². The maximum atomic E-state index is 11.6. The molecule has 2 N–H and O–H groups in total. The number of fused-ring (bicyclic) bond motifs is 2. The van der Waals surface area contributed by atoms with Crippen LogP contribution in [0.5, 0.6) is 0 Å². The van der Waals surface area contributed by atoms with Crippen molar-refractivity contribution in [2.75, 3.05) is 11.9 Å². The highest BCUT2D eigenvalue weighted by molar-refractivity contribution is 5.69. The monoisotopic (exact) mass is 178 g/mol. The van der Waals surface area contributed by atoms with E-state index in [0.29, 0.717) is 23.7 Å². The maximum Gasteiger partial charge on any atom is 0.285 e. The standard InChI is InChI=1S/C6H6N6O/c13-5-3-4(10-11-9-3)8-6-7-1-2-12(5)6/h1-2H2,(H2,7,8,9,10,11). The second-order valence-electron chi connectivity index (χ2n) is 2.81. The van der Waals surface area contributed by atoms with E-state index < -0.39 is 0 Å². The molecule has 2 aromatic rings. The number of nitrogens with one attached hydrogen (secondary N) is 2. The highest BCUT2D eigenvalue weighted by Crippen LogP contribution is 2.09. The lowest BCUT2D eigenvalue weighted by molar-refractivity contribution is 0.769. The largest absolute Gasteiger partial charge is 0.354 e. The van der Waals surface area contributed by atoms with Gasteiger partial charge in [0.2, 0.25) is 11.6 Å². The first-order valence-electron chi connectivity index (χ1n) is 3.91. The minimum absolute atomic E-state index is 0.140. The van der Waals surface area contributed by atoms with Crippen molar-refractivity contribution >= 4 is 17.1 Å². The average molecular weight is 178 g/mol. The molecule has 0 aromatic carbocycles. The van der Waals surface area contributed by atoms with Crippen molar-refractivity contribution in [1.29, 1.82) is 0 Å². The summed E-state index contributed by atoms with van der Waals surface area (Å²) in [6, 6.07) is 0. The number of anilines is 1. The number of aromatic amines is 1. The highest BCUT2D eigenvalue weighted by atomic mass is 16.1. The van der Waals surface area contributed by atoms with E-state index in [4.69, 9.17) is 0 Å². The molecule has 7 heteroatoms. The first-order valence-corrected chi connectivity index (χ1v) is 3.91. The van der Waals surface area contributed by atoms with Crippen LogP contribution in [0, 0.1) is 0 Å². The van der Waals surface area contributed by atoms with Gasteiger partial charge in [-0.1, -0.05) is 0 Å². The third-order valence-corrected chi connectivity index (χ3v) is 2.06. The number of rotatable bonds is 0. The molecule has 0 saturated heterocycles. The quantitative estimate of drug-likeness (QED) is 0.536. The average Bonchev–Trinajstić information content (AvgIpc) is 2.71. The first kappa shape index (κ1) is 6.58. The van der Waals surface area contributed by atoms with Crippen LogP contribution in [0.15, 0.2) is 4.79 Å². The molecule has 1 aliphatic rings. The second-order valence-corrected chi connectivity index (χ2v) is 2.81. The van der Waals surface area contributed by atoms with Gasteiger partial charge in [-0.05, 0) is 0 Å². The minimum atomic E-state index is -0.140. The van der Waals surface area contributed by atoms with Crippen molar-refractivity contribution in [3.63, 3.8) is 0 Å². The van der Waals surface area contributed by atoms with Gasteiger partial charge in [-0.15, -0.1) is 10.2 Å². The zero-order valence-electron chi connectivity index (χ0n) is 6.61. The molecule has 0 atom stereocenters. The molecule has 0 saturated carbocycles. The fourth-order valence-corrected chi connectivity index (χ4v) is 1.45. The van der Waals surface area contributed by atoms with Crippen LogP contribution in [-0.4, -0.2) is 31.5 Å². The van der Waals surface area contributed by atoms with Gasteiger partial charge in [-0.3, -0.25) is 9.36 Å². The lowest BCUT2D eigenvalue weighted by Gasteiger charge is -1.97. The van der Waals surface area contributed by atoms with E-state index in [1.807, 2.05) is 0 Å². The molecule has 0 spiro atoms. The molecular weight excluding hydrogens is 172 g/mol. The summed E-state index contributed by atoms with van der Waals surface area (Å²) in [6.07, 6.45) is 0. The highest BCUT2D eigenvalue weighted by Gasteiger charge is 2.16. The lowest BCUT2D eigenvalue weighted by Crippen LogP contribution is -2.19. The molecule has 3 rings (SSSR count). The van der Waals surface area contributed by atoms with E-state index in [-0.39, 0.29) is 5.56 Å². The Balaban J connectivity index is 2.53. The van der Waals surface area contributed by atoms with Crippen molar-refractivity contribution in [2.24, 2.45) is 0 Å². The van der Waals surface area contributed by atoms with Gasteiger partial charge < -0.3 is 5.32 Å². The van der Waals surface area contributed by atoms with Crippen LogP contribution < -0.4 is 10.9 Å². The smallest absolute Gasteiger partial charge is 0.285 e. The van der Waals surface area contributed by atoms with E-state index in [9.17, 15) is 4.79 Å². The van der Waals surface area contributed by atoms with Crippen molar-refractivity contribution in [3.8, 4) is 0 Å². The number of hydrogen-bond donors (Lipinski definition) is 2. The van der Waals surface area contributed by atoms with Crippen LogP contribution in [0.1, 0.15) is 0 Å². The Kier molecular flexibility index (Phi) is 1.04. The molecule has 0 unspecified atom stereocenters. The van der Waals surface area contributed by atoms with E-state index >= 15 is 0 Å². The summed E-state index contributed by atoms with van der Waals surface area (Å²) >= 11 is 0. The van der Waals surface area contributed by atoms with Crippen LogP contribution in [-0.2, 0) is 6.54 Å². The summed E-state index contributed by atoms with van der Waals surface area (Å²) in [7, 11) is 0. The Bertz CT molecular complexity index is 525.